The van der Waals surface area contributed by atoms with Crippen LogP contribution in [0.4, 0.5) is 0 Å². The van der Waals surface area contributed by atoms with Gasteiger partial charge in [0.05, 0.1) is 6.61 Å². The van der Waals surface area contributed by atoms with E-state index in [1.807, 2.05) is 6.07 Å². The number of hydrogen-bond acceptors (Lipinski definition) is 2. The van der Waals surface area contributed by atoms with Crippen LogP contribution in [0.2, 0.25) is 0 Å². The first-order valence-corrected chi connectivity index (χ1v) is 5.72. The Morgan fingerprint density at radius 1 is 1.40 bits per heavy atom. The zero-order valence-electron chi connectivity index (χ0n) is 9.49. The quantitative estimate of drug-likeness (QED) is 0.818. The number of benzene rings is 1. The molecule has 1 N–H and O–H groups in total. The van der Waals surface area contributed by atoms with E-state index in [0.717, 1.165) is 25.3 Å². The van der Waals surface area contributed by atoms with Gasteiger partial charge in [-0.1, -0.05) is 32.0 Å². The second kappa shape index (κ2) is 4.67. The van der Waals surface area contributed by atoms with Gasteiger partial charge in [-0.3, -0.25) is 0 Å². The van der Waals surface area contributed by atoms with Gasteiger partial charge in [0, 0.05) is 18.5 Å². The minimum Gasteiger partial charge on any atom is -0.493 e. The first-order chi connectivity index (χ1) is 7.27. The summed E-state index contributed by atoms with van der Waals surface area (Å²) in [6.45, 7) is 6.27. The summed E-state index contributed by atoms with van der Waals surface area (Å²) in [5.41, 5.74) is 1.36. The minimum atomic E-state index is 0.556. The molecular weight excluding hydrogens is 186 g/mol. The van der Waals surface area contributed by atoms with Gasteiger partial charge in [0.15, 0.2) is 0 Å². The molecular formula is C13H19NO. The maximum atomic E-state index is 5.63. The number of fused-ring (bicyclic) bond motifs is 1. The topological polar surface area (TPSA) is 21.3 Å². The van der Waals surface area contributed by atoms with Crippen LogP contribution in [0.25, 0.3) is 0 Å². The molecule has 1 aromatic rings. The van der Waals surface area contributed by atoms with E-state index in [-0.39, 0.29) is 0 Å². The molecule has 2 nitrogen and oxygen atoms in total. The van der Waals surface area contributed by atoms with E-state index >= 15 is 0 Å². The monoisotopic (exact) mass is 205 g/mol. The molecule has 0 aliphatic carbocycles. The number of hydrogen-bond donors (Lipinski definition) is 1. The molecule has 0 saturated carbocycles. The molecule has 1 aliphatic rings. The van der Waals surface area contributed by atoms with Gasteiger partial charge in [-0.05, 0) is 18.1 Å². The van der Waals surface area contributed by atoms with Crippen molar-refractivity contribution in [2.24, 2.45) is 0 Å². The van der Waals surface area contributed by atoms with Crippen molar-refractivity contribution in [2.75, 3.05) is 13.2 Å². The first-order valence-electron chi connectivity index (χ1n) is 5.72. The Balaban J connectivity index is 2.08. The van der Waals surface area contributed by atoms with E-state index in [0.29, 0.717) is 12.0 Å². The van der Waals surface area contributed by atoms with E-state index in [9.17, 15) is 0 Å². The Morgan fingerprint density at radius 2 is 2.20 bits per heavy atom. The van der Waals surface area contributed by atoms with Gasteiger partial charge in [-0.25, -0.2) is 0 Å². The molecule has 2 rings (SSSR count). The molecule has 2 heteroatoms. The molecule has 15 heavy (non-hydrogen) atoms. The van der Waals surface area contributed by atoms with E-state index in [4.69, 9.17) is 4.74 Å². The Labute approximate surface area is 91.6 Å². The van der Waals surface area contributed by atoms with Crippen LogP contribution in [0, 0.1) is 0 Å². The van der Waals surface area contributed by atoms with Crippen molar-refractivity contribution >= 4 is 0 Å². The smallest absolute Gasteiger partial charge is 0.122 e. The van der Waals surface area contributed by atoms with Crippen LogP contribution in [0.1, 0.15) is 31.7 Å². The molecule has 0 radical (unpaired) electrons. The lowest BCUT2D eigenvalue weighted by Gasteiger charge is -2.26. The molecule has 0 fully saturated rings. The molecule has 1 unspecified atom stereocenters. The van der Waals surface area contributed by atoms with Gasteiger partial charge in [0.2, 0.25) is 0 Å². The molecule has 1 aliphatic heterocycles. The van der Waals surface area contributed by atoms with Crippen LogP contribution in [0.3, 0.4) is 0 Å². The lowest BCUT2D eigenvalue weighted by Crippen LogP contribution is -2.30. The molecule has 0 spiro atoms. The molecule has 0 saturated heterocycles. The van der Waals surface area contributed by atoms with E-state index in [1.54, 1.807) is 0 Å². The number of ether oxygens (including phenoxy) is 1. The highest BCUT2D eigenvalue weighted by atomic mass is 16.5. The number of para-hydroxylation sites is 1. The minimum absolute atomic E-state index is 0.556. The first kappa shape index (κ1) is 10.5. The van der Waals surface area contributed by atoms with Crippen molar-refractivity contribution in [1.29, 1.82) is 0 Å². The highest BCUT2D eigenvalue weighted by molar-refractivity contribution is 5.37. The summed E-state index contributed by atoms with van der Waals surface area (Å²) in [6, 6.07) is 8.94. The fraction of sp³-hybridized carbons (Fsp3) is 0.538. The third-order valence-electron chi connectivity index (χ3n) is 2.86. The summed E-state index contributed by atoms with van der Waals surface area (Å²) < 4.78 is 5.63. The predicted molar refractivity (Wildman–Crippen MR) is 62.4 cm³/mol. The highest BCUT2D eigenvalue weighted by Gasteiger charge is 2.20. The maximum absolute atomic E-state index is 5.63. The molecule has 0 bridgehead atoms. The third-order valence-corrected chi connectivity index (χ3v) is 2.86. The molecule has 0 aromatic heterocycles. The number of rotatable bonds is 3. The Hall–Kier alpha value is -1.02. The van der Waals surface area contributed by atoms with E-state index in [1.165, 1.54) is 5.56 Å². The van der Waals surface area contributed by atoms with Crippen molar-refractivity contribution in [3.63, 3.8) is 0 Å². The zero-order valence-corrected chi connectivity index (χ0v) is 9.49. The van der Waals surface area contributed by atoms with Gasteiger partial charge < -0.3 is 10.1 Å². The van der Waals surface area contributed by atoms with Crippen LogP contribution < -0.4 is 10.1 Å². The van der Waals surface area contributed by atoms with E-state index < -0.39 is 0 Å². The van der Waals surface area contributed by atoms with Crippen molar-refractivity contribution in [3.8, 4) is 5.75 Å². The van der Waals surface area contributed by atoms with Crippen LogP contribution in [0.15, 0.2) is 24.3 Å². The van der Waals surface area contributed by atoms with Gasteiger partial charge in [0.1, 0.15) is 5.75 Å². The SMILES string of the molecule is CC(C)NCC1CCOc2ccccc21. The maximum Gasteiger partial charge on any atom is 0.122 e. The predicted octanol–water partition coefficient (Wildman–Crippen LogP) is 2.55. The standard InChI is InChI=1S/C13H19NO/c1-10(2)14-9-11-7-8-15-13-6-4-3-5-12(11)13/h3-6,10-11,14H,7-9H2,1-2H3. The normalized spacial score (nSPS) is 19.8. The lowest BCUT2D eigenvalue weighted by molar-refractivity contribution is 0.263. The Kier molecular flexibility index (Phi) is 3.27. The zero-order chi connectivity index (χ0) is 10.7. The van der Waals surface area contributed by atoms with Gasteiger partial charge in [0.25, 0.3) is 0 Å². The van der Waals surface area contributed by atoms with Crippen LogP contribution >= 0.6 is 0 Å². The number of nitrogens with one attached hydrogen (secondary N) is 1. The average molecular weight is 205 g/mol. The van der Waals surface area contributed by atoms with Gasteiger partial charge in [-0.15, -0.1) is 0 Å². The molecule has 1 aromatic carbocycles. The summed E-state index contributed by atoms with van der Waals surface area (Å²) in [5.74, 6) is 1.68. The van der Waals surface area contributed by atoms with E-state index in [2.05, 4.69) is 37.4 Å². The Bertz CT molecular complexity index is 322. The third kappa shape index (κ3) is 2.51. The molecule has 1 heterocycles. The van der Waals surface area contributed by atoms with Crippen molar-refractivity contribution in [1.82, 2.24) is 5.32 Å². The van der Waals surface area contributed by atoms with Gasteiger partial charge >= 0.3 is 0 Å². The summed E-state index contributed by atoms with van der Waals surface area (Å²) in [5, 5.41) is 3.50. The average Bonchev–Trinajstić information content (AvgIpc) is 2.26. The summed E-state index contributed by atoms with van der Waals surface area (Å²) in [7, 11) is 0. The fourth-order valence-corrected chi connectivity index (χ4v) is 2.01. The van der Waals surface area contributed by atoms with Crippen LogP contribution in [-0.4, -0.2) is 19.2 Å². The molecule has 82 valence electrons. The fourth-order valence-electron chi connectivity index (χ4n) is 2.01. The van der Waals surface area contributed by atoms with Crippen molar-refractivity contribution in [3.05, 3.63) is 29.8 Å². The highest BCUT2D eigenvalue weighted by Crippen LogP contribution is 2.32. The van der Waals surface area contributed by atoms with Crippen LogP contribution in [-0.2, 0) is 0 Å². The Morgan fingerprint density at radius 3 is 3.00 bits per heavy atom. The lowest BCUT2D eigenvalue weighted by atomic mass is 9.93. The van der Waals surface area contributed by atoms with Gasteiger partial charge in [-0.2, -0.15) is 0 Å². The van der Waals surface area contributed by atoms with Crippen molar-refractivity contribution in [2.45, 2.75) is 32.2 Å². The van der Waals surface area contributed by atoms with Crippen LogP contribution in [0.5, 0.6) is 5.75 Å². The largest absolute Gasteiger partial charge is 0.493 e. The summed E-state index contributed by atoms with van der Waals surface area (Å²) >= 11 is 0. The van der Waals surface area contributed by atoms with Crippen molar-refractivity contribution < 1.29 is 4.74 Å². The molecule has 0 amide bonds. The second-order valence-electron chi connectivity index (χ2n) is 4.43. The summed E-state index contributed by atoms with van der Waals surface area (Å²) in [6.07, 6.45) is 1.12. The second-order valence-corrected chi connectivity index (χ2v) is 4.43. The molecule has 1 atom stereocenters. The summed E-state index contributed by atoms with van der Waals surface area (Å²) in [4.78, 5) is 0.